The van der Waals surface area contributed by atoms with Crippen molar-refractivity contribution in [1.82, 2.24) is 0 Å². The van der Waals surface area contributed by atoms with Gasteiger partial charge in [0.05, 0.1) is 13.2 Å². The first kappa shape index (κ1) is 27.6. The molecule has 24 heavy (non-hydrogen) atoms. The van der Waals surface area contributed by atoms with Crippen LogP contribution in [-0.2, 0) is 13.6 Å². The Morgan fingerprint density at radius 2 is 1.21 bits per heavy atom. The van der Waals surface area contributed by atoms with E-state index < -0.39 is 7.82 Å². The van der Waals surface area contributed by atoms with Crippen LogP contribution in [0, 0.1) is 11.8 Å². The summed E-state index contributed by atoms with van der Waals surface area (Å²) in [5, 5.41) is 0. The molecular weight excluding hydrogens is 351 g/mol. The van der Waals surface area contributed by atoms with Crippen molar-refractivity contribution in [3.63, 3.8) is 0 Å². The predicted molar refractivity (Wildman–Crippen MR) is 106 cm³/mol. The molecule has 0 aliphatic rings. The van der Waals surface area contributed by atoms with Crippen LogP contribution in [0.3, 0.4) is 0 Å². The van der Waals surface area contributed by atoms with Crippen molar-refractivity contribution >= 4 is 45.6 Å². The molecule has 0 fully saturated rings. The van der Waals surface area contributed by atoms with Crippen LogP contribution in [0.25, 0.3) is 0 Å². The Kier molecular flexibility index (Phi) is 20.4. The first-order valence-corrected chi connectivity index (χ1v) is 11.0. The molecule has 0 aliphatic carbocycles. The predicted octanol–water partition coefficient (Wildman–Crippen LogP) is 5.42. The van der Waals surface area contributed by atoms with Crippen molar-refractivity contribution in [3.8, 4) is 0 Å². The van der Waals surface area contributed by atoms with E-state index in [9.17, 15) is 9.46 Å². The fourth-order valence-electron chi connectivity index (χ4n) is 2.36. The molecule has 0 aliphatic heterocycles. The van der Waals surface area contributed by atoms with E-state index in [-0.39, 0.29) is 37.7 Å². The van der Waals surface area contributed by atoms with Crippen LogP contribution < -0.4 is 0 Å². The van der Waals surface area contributed by atoms with Crippen LogP contribution in [0.5, 0.6) is 0 Å². The van der Waals surface area contributed by atoms with Gasteiger partial charge in [0.15, 0.2) is 0 Å². The van der Waals surface area contributed by atoms with Gasteiger partial charge in [-0.3, -0.25) is 9.05 Å². The van der Waals surface area contributed by atoms with E-state index >= 15 is 0 Å². The second-order valence-corrected chi connectivity index (χ2v) is 8.31. The quantitative estimate of drug-likeness (QED) is 0.217. The number of rotatable bonds is 16. The van der Waals surface area contributed by atoms with E-state index in [0.29, 0.717) is 19.1 Å². The summed E-state index contributed by atoms with van der Waals surface area (Å²) in [6.07, 6.45) is 11.1. The SMILES string of the molecule is CCC(C)CCCCCCCOP(=O)(O)OCCCC(C)CC.[CaH2]. The summed E-state index contributed by atoms with van der Waals surface area (Å²) in [5.41, 5.74) is 0. The molecule has 0 saturated carbocycles. The Balaban J connectivity index is 0. The van der Waals surface area contributed by atoms with E-state index in [2.05, 4.69) is 27.7 Å². The summed E-state index contributed by atoms with van der Waals surface area (Å²) in [4.78, 5) is 9.58. The topological polar surface area (TPSA) is 55.8 Å². The molecule has 1 N–H and O–H groups in total. The Labute approximate surface area is 180 Å². The third-order valence-electron chi connectivity index (χ3n) is 4.59. The minimum absolute atomic E-state index is 0. The van der Waals surface area contributed by atoms with Gasteiger partial charge in [0.25, 0.3) is 0 Å². The van der Waals surface area contributed by atoms with Gasteiger partial charge in [0.2, 0.25) is 0 Å². The van der Waals surface area contributed by atoms with Crippen LogP contribution in [0.2, 0.25) is 0 Å². The molecule has 0 radical (unpaired) electrons. The van der Waals surface area contributed by atoms with Crippen LogP contribution in [0.15, 0.2) is 0 Å². The molecule has 0 amide bonds. The molecule has 3 atom stereocenters. The molecule has 0 bridgehead atoms. The van der Waals surface area contributed by atoms with Gasteiger partial charge in [-0.25, -0.2) is 4.57 Å². The summed E-state index contributed by atoms with van der Waals surface area (Å²) in [7, 11) is -3.84. The molecular formula is C18H41CaO4P. The molecule has 0 heterocycles. The fraction of sp³-hybridized carbons (Fsp3) is 1.00. The monoisotopic (exact) mass is 392 g/mol. The normalized spacial score (nSPS) is 16.2. The van der Waals surface area contributed by atoms with Gasteiger partial charge >= 0.3 is 45.6 Å². The van der Waals surface area contributed by atoms with Crippen molar-refractivity contribution in [1.29, 1.82) is 0 Å². The van der Waals surface area contributed by atoms with Crippen LogP contribution in [0.1, 0.15) is 91.9 Å². The van der Waals surface area contributed by atoms with Crippen LogP contribution in [-0.4, -0.2) is 55.8 Å². The molecule has 0 aromatic rings. The van der Waals surface area contributed by atoms with Crippen molar-refractivity contribution in [2.24, 2.45) is 11.8 Å². The molecule has 0 aromatic carbocycles. The zero-order valence-corrected chi connectivity index (χ0v) is 16.7. The van der Waals surface area contributed by atoms with E-state index in [4.69, 9.17) is 9.05 Å². The summed E-state index contributed by atoms with van der Waals surface area (Å²) in [6, 6.07) is 0. The van der Waals surface area contributed by atoms with Crippen molar-refractivity contribution in [3.05, 3.63) is 0 Å². The first-order valence-electron chi connectivity index (χ1n) is 9.53. The summed E-state index contributed by atoms with van der Waals surface area (Å²) in [6.45, 7) is 9.48. The van der Waals surface area contributed by atoms with Crippen molar-refractivity contribution < 1.29 is 18.5 Å². The zero-order valence-electron chi connectivity index (χ0n) is 15.8. The van der Waals surface area contributed by atoms with Crippen molar-refractivity contribution in [2.75, 3.05) is 13.2 Å². The minimum atomic E-state index is -3.84. The molecule has 3 unspecified atom stereocenters. The van der Waals surface area contributed by atoms with E-state index in [0.717, 1.165) is 38.0 Å². The fourth-order valence-corrected chi connectivity index (χ4v) is 3.16. The molecule has 4 nitrogen and oxygen atoms in total. The van der Waals surface area contributed by atoms with Gasteiger partial charge in [-0.2, -0.15) is 0 Å². The van der Waals surface area contributed by atoms with Gasteiger partial charge in [-0.15, -0.1) is 0 Å². The maximum atomic E-state index is 11.7. The standard InChI is InChI=1S/C18H39O4P.Ca.2H/c1-5-17(3)13-10-8-7-9-11-15-21-23(19,20)22-16-12-14-18(4)6-2;;;/h17-18H,5-16H2,1-4H3,(H,19,20);;;. The number of hydrogen-bond acceptors (Lipinski definition) is 3. The molecule has 0 rings (SSSR count). The summed E-state index contributed by atoms with van der Waals surface area (Å²) < 4.78 is 21.7. The third-order valence-corrected chi connectivity index (χ3v) is 5.60. The number of phosphoric acid groups is 1. The van der Waals surface area contributed by atoms with Gasteiger partial charge in [-0.1, -0.05) is 72.6 Å². The van der Waals surface area contributed by atoms with E-state index in [1.54, 1.807) is 0 Å². The summed E-state index contributed by atoms with van der Waals surface area (Å²) in [5.74, 6) is 1.47. The van der Waals surface area contributed by atoms with E-state index in [1.807, 2.05) is 0 Å². The van der Waals surface area contributed by atoms with Crippen LogP contribution in [0.4, 0.5) is 0 Å². The molecule has 0 saturated heterocycles. The Morgan fingerprint density at radius 3 is 1.75 bits per heavy atom. The van der Waals surface area contributed by atoms with Crippen LogP contribution >= 0.6 is 7.82 Å². The van der Waals surface area contributed by atoms with Gasteiger partial charge in [0.1, 0.15) is 0 Å². The molecule has 144 valence electrons. The Hall–Kier alpha value is 1.37. The molecule has 0 spiro atoms. The van der Waals surface area contributed by atoms with Gasteiger partial charge in [0, 0.05) is 0 Å². The summed E-state index contributed by atoms with van der Waals surface area (Å²) >= 11 is 0. The maximum absolute atomic E-state index is 11.7. The first-order chi connectivity index (χ1) is 10.9. The molecule has 6 heteroatoms. The van der Waals surface area contributed by atoms with Gasteiger partial charge < -0.3 is 4.89 Å². The zero-order chi connectivity index (χ0) is 17.6. The Bertz CT molecular complexity index is 315. The number of hydrogen-bond donors (Lipinski definition) is 1. The second-order valence-electron chi connectivity index (χ2n) is 6.86. The average Bonchev–Trinajstić information content (AvgIpc) is 2.53. The average molecular weight is 393 g/mol. The van der Waals surface area contributed by atoms with Gasteiger partial charge in [-0.05, 0) is 31.1 Å². The van der Waals surface area contributed by atoms with E-state index in [1.165, 1.54) is 32.1 Å². The number of unbranched alkanes of at least 4 members (excludes halogenated alkanes) is 4. The Morgan fingerprint density at radius 1 is 0.792 bits per heavy atom. The number of phosphoric ester groups is 1. The van der Waals surface area contributed by atoms with Crippen molar-refractivity contribution in [2.45, 2.75) is 91.9 Å². The molecule has 0 aromatic heterocycles. The third kappa shape index (κ3) is 18.2. The second kappa shape index (κ2) is 17.8.